The summed E-state index contributed by atoms with van der Waals surface area (Å²) in [6, 6.07) is 25.2. The van der Waals surface area contributed by atoms with Crippen molar-refractivity contribution in [2.45, 2.75) is 19.3 Å². The number of amides is 1. The van der Waals surface area contributed by atoms with Gasteiger partial charge in [-0.2, -0.15) is 18.4 Å². The number of nitrogens with one attached hydrogen (secondary N) is 1. The Bertz CT molecular complexity index is 1080. The van der Waals surface area contributed by atoms with E-state index in [2.05, 4.69) is 5.32 Å². The van der Waals surface area contributed by atoms with E-state index in [1.54, 1.807) is 0 Å². The highest BCUT2D eigenvalue weighted by Crippen LogP contribution is 2.30. The molecule has 0 bridgehead atoms. The third kappa shape index (κ3) is 6.47. The number of hydrogen-bond acceptors (Lipinski definition) is 3. The van der Waals surface area contributed by atoms with E-state index in [-0.39, 0.29) is 11.3 Å². The largest absolute Gasteiger partial charge is 0.416 e. The Morgan fingerprint density at radius 2 is 1.47 bits per heavy atom. The molecule has 0 heterocycles. The van der Waals surface area contributed by atoms with Crippen LogP contribution in [-0.4, -0.2) is 10.8 Å². The van der Waals surface area contributed by atoms with Gasteiger partial charge >= 0.3 is 6.18 Å². The smallest absolute Gasteiger partial charge is 0.367 e. The van der Waals surface area contributed by atoms with Gasteiger partial charge in [-0.3, -0.25) is 4.79 Å². The van der Waals surface area contributed by atoms with Crippen molar-refractivity contribution in [1.82, 2.24) is 4.90 Å². The number of benzene rings is 3. The standard InChI is InChI=1S/C25H20F3N3O/c26-25(27,28)22-12-7-13-23(14-22)30-24(32)21(15-29)18-31(16-19-8-3-1-4-9-19)17-20-10-5-2-6-11-20/h1-14,18H,16-17H2,(H,30,32)/b21-18-. The van der Waals surface area contributed by atoms with Gasteiger partial charge in [0.15, 0.2) is 0 Å². The van der Waals surface area contributed by atoms with Gasteiger partial charge in [0.2, 0.25) is 0 Å². The van der Waals surface area contributed by atoms with Gasteiger partial charge < -0.3 is 10.2 Å². The van der Waals surface area contributed by atoms with E-state index < -0.39 is 17.6 Å². The van der Waals surface area contributed by atoms with E-state index in [0.29, 0.717) is 13.1 Å². The summed E-state index contributed by atoms with van der Waals surface area (Å²) in [6.45, 7) is 0.884. The van der Waals surface area contributed by atoms with E-state index in [1.165, 1.54) is 18.3 Å². The number of carbonyl (C=O) groups excluding carboxylic acids is 1. The molecule has 0 atom stereocenters. The van der Waals surface area contributed by atoms with Gasteiger partial charge in [-0.15, -0.1) is 0 Å². The Labute approximate surface area is 184 Å². The fourth-order valence-electron chi connectivity index (χ4n) is 3.08. The van der Waals surface area contributed by atoms with Crippen molar-refractivity contribution in [2.24, 2.45) is 0 Å². The molecule has 3 aromatic rings. The molecule has 162 valence electrons. The fraction of sp³-hybridized carbons (Fsp3) is 0.120. The molecule has 4 nitrogen and oxygen atoms in total. The summed E-state index contributed by atoms with van der Waals surface area (Å²) >= 11 is 0. The van der Waals surface area contributed by atoms with Crippen molar-refractivity contribution >= 4 is 11.6 Å². The summed E-state index contributed by atoms with van der Waals surface area (Å²) in [7, 11) is 0. The molecule has 0 fully saturated rings. The summed E-state index contributed by atoms with van der Waals surface area (Å²) in [5.41, 5.74) is 0.830. The van der Waals surface area contributed by atoms with Crippen LogP contribution in [0.15, 0.2) is 96.7 Å². The van der Waals surface area contributed by atoms with Crippen LogP contribution in [0, 0.1) is 11.3 Å². The predicted octanol–water partition coefficient (Wildman–Crippen LogP) is 5.75. The van der Waals surface area contributed by atoms with Crippen molar-refractivity contribution in [1.29, 1.82) is 5.26 Å². The van der Waals surface area contributed by atoms with Gasteiger partial charge in [0.05, 0.1) is 5.56 Å². The van der Waals surface area contributed by atoms with Gasteiger partial charge in [0.25, 0.3) is 5.91 Å². The number of nitriles is 1. The molecule has 0 unspecified atom stereocenters. The van der Waals surface area contributed by atoms with E-state index in [0.717, 1.165) is 23.3 Å². The van der Waals surface area contributed by atoms with Crippen LogP contribution in [0.2, 0.25) is 0 Å². The highest BCUT2D eigenvalue weighted by atomic mass is 19.4. The molecule has 0 aliphatic carbocycles. The first kappa shape index (κ1) is 22.6. The molecule has 0 aliphatic rings. The number of anilines is 1. The van der Waals surface area contributed by atoms with Crippen molar-refractivity contribution in [3.63, 3.8) is 0 Å². The summed E-state index contributed by atoms with van der Waals surface area (Å²) in [5, 5.41) is 11.9. The predicted molar refractivity (Wildman–Crippen MR) is 116 cm³/mol. The Hall–Kier alpha value is -4.05. The SMILES string of the molecule is N#C/C(=C/N(Cc1ccccc1)Cc1ccccc1)C(=O)Nc1cccc(C(F)(F)F)c1. The van der Waals surface area contributed by atoms with Crippen molar-refractivity contribution in [3.8, 4) is 6.07 Å². The number of carbonyl (C=O) groups is 1. The molecule has 1 N–H and O–H groups in total. The molecule has 7 heteroatoms. The van der Waals surface area contributed by atoms with Crippen molar-refractivity contribution in [2.75, 3.05) is 5.32 Å². The van der Waals surface area contributed by atoms with E-state index in [4.69, 9.17) is 0 Å². The molecular weight excluding hydrogens is 415 g/mol. The fourth-order valence-corrected chi connectivity index (χ4v) is 3.08. The number of hydrogen-bond donors (Lipinski definition) is 1. The highest BCUT2D eigenvalue weighted by Gasteiger charge is 2.30. The number of halogens is 3. The second kappa shape index (κ2) is 10.3. The maximum Gasteiger partial charge on any atom is 0.416 e. The molecule has 3 aromatic carbocycles. The van der Waals surface area contributed by atoms with Crippen LogP contribution in [0.1, 0.15) is 16.7 Å². The lowest BCUT2D eigenvalue weighted by Gasteiger charge is -2.21. The van der Waals surface area contributed by atoms with E-state index >= 15 is 0 Å². The number of rotatable bonds is 7. The second-order valence-corrected chi connectivity index (χ2v) is 7.06. The average Bonchev–Trinajstić information content (AvgIpc) is 2.78. The number of nitrogens with zero attached hydrogens (tertiary/aromatic N) is 2. The molecule has 0 aromatic heterocycles. The van der Waals surface area contributed by atoms with Gasteiger partial charge in [-0.05, 0) is 29.3 Å². The zero-order valence-corrected chi connectivity index (χ0v) is 17.0. The van der Waals surface area contributed by atoms with Crippen LogP contribution in [0.4, 0.5) is 18.9 Å². The maximum absolute atomic E-state index is 12.9. The monoisotopic (exact) mass is 435 g/mol. The molecule has 32 heavy (non-hydrogen) atoms. The molecular formula is C25H20F3N3O. The first-order chi connectivity index (χ1) is 15.3. The van der Waals surface area contributed by atoms with E-state index in [9.17, 15) is 23.2 Å². The quantitative estimate of drug-likeness (QED) is 0.380. The minimum absolute atomic E-state index is 0.0383. The third-order valence-electron chi connectivity index (χ3n) is 4.58. The first-order valence-electron chi connectivity index (χ1n) is 9.77. The number of alkyl halides is 3. The third-order valence-corrected chi connectivity index (χ3v) is 4.58. The summed E-state index contributed by atoms with van der Waals surface area (Å²) in [5.74, 6) is -0.780. The normalized spacial score (nSPS) is 11.5. The lowest BCUT2D eigenvalue weighted by molar-refractivity contribution is -0.137. The molecule has 0 saturated heterocycles. The summed E-state index contributed by atoms with van der Waals surface area (Å²) in [6.07, 6.45) is -3.10. The topological polar surface area (TPSA) is 56.1 Å². The zero-order chi connectivity index (χ0) is 23.0. The first-order valence-corrected chi connectivity index (χ1v) is 9.77. The second-order valence-electron chi connectivity index (χ2n) is 7.06. The maximum atomic E-state index is 12.9. The molecule has 0 saturated carbocycles. The summed E-state index contributed by atoms with van der Waals surface area (Å²) in [4.78, 5) is 14.4. The van der Waals surface area contributed by atoms with Crippen LogP contribution in [0.5, 0.6) is 0 Å². The van der Waals surface area contributed by atoms with Gasteiger partial charge in [-0.1, -0.05) is 66.7 Å². The molecule has 1 amide bonds. The van der Waals surface area contributed by atoms with Crippen LogP contribution in [-0.2, 0) is 24.1 Å². The van der Waals surface area contributed by atoms with Gasteiger partial charge in [0.1, 0.15) is 11.6 Å². The average molecular weight is 435 g/mol. The zero-order valence-electron chi connectivity index (χ0n) is 17.0. The lowest BCUT2D eigenvalue weighted by Crippen LogP contribution is -2.21. The highest BCUT2D eigenvalue weighted by molar-refractivity contribution is 6.06. The summed E-state index contributed by atoms with van der Waals surface area (Å²) < 4.78 is 38.8. The Morgan fingerprint density at radius 1 is 0.906 bits per heavy atom. The van der Waals surface area contributed by atoms with Crippen molar-refractivity contribution in [3.05, 3.63) is 113 Å². The minimum Gasteiger partial charge on any atom is -0.367 e. The van der Waals surface area contributed by atoms with Crippen molar-refractivity contribution < 1.29 is 18.0 Å². The minimum atomic E-state index is -4.53. The molecule has 0 spiro atoms. The Balaban J connectivity index is 1.83. The Morgan fingerprint density at radius 3 is 1.97 bits per heavy atom. The van der Waals surface area contributed by atoms with E-state index in [1.807, 2.05) is 71.6 Å². The van der Waals surface area contributed by atoms with Crippen LogP contribution >= 0.6 is 0 Å². The molecule has 0 aliphatic heterocycles. The van der Waals surface area contributed by atoms with Gasteiger partial charge in [-0.25, -0.2) is 0 Å². The molecule has 0 radical (unpaired) electrons. The lowest BCUT2D eigenvalue weighted by atomic mass is 10.1. The van der Waals surface area contributed by atoms with Gasteiger partial charge in [0, 0.05) is 25.0 Å². The molecule has 3 rings (SSSR count). The van der Waals surface area contributed by atoms with Crippen LogP contribution in [0.25, 0.3) is 0 Å². The van der Waals surface area contributed by atoms with Crippen LogP contribution < -0.4 is 5.32 Å². The Kier molecular flexibility index (Phi) is 7.29. The van der Waals surface area contributed by atoms with Crippen LogP contribution in [0.3, 0.4) is 0 Å².